The minimum absolute atomic E-state index is 0. The van der Waals surface area contributed by atoms with Crippen LogP contribution in [0.25, 0.3) is 0 Å². The van der Waals surface area contributed by atoms with Crippen LogP contribution < -0.4 is 15.8 Å². The number of rotatable bonds is 8. The molecule has 1 heterocycles. The van der Waals surface area contributed by atoms with Gasteiger partial charge in [-0.1, -0.05) is 31.5 Å². The van der Waals surface area contributed by atoms with Crippen LogP contribution in [0.5, 0.6) is 5.75 Å². The van der Waals surface area contributed by atoms with Crippen LogP contribution >= 0.6 is 12.4 Å². The molecule has 6 nitrogen and oxygen atoms in total. The van der Waals surface area contributed by atoms with E-state index in [0.717, 1.165) is 57.2 Å². The molecular weight excluding hydrogens is 390 g/mol. The summed E-state index contributed by atoms with van der Waals surface area (Å²) in [5.41, 5.74) is 6.77. The lowest BCUT2D eigenvalue weighted by atomic mass is 9.94. The van der Waals surface area contributed by atoms with Crippen LogP contribution in [-0.4, -0.2) is 43.0 Å². The fourth-order valence-corrected chi connectivity index (χ4v) is 4.44. The van der Waals surface area contributed by atoms with Crippen molar-refractivity contribution in [3.63, 3.8) is 0 Å². The Hall–Kier alpha value is -1.79. The number of benzene rings is 1. The number of nitrogens with zero attached hydrogens (tertiary/aromatic N) is 1. The second-order valence-corrected chi connectivity index (χ2v) is 7.92. The number of carbonyl (C=O) groups is 2. The van der Waals surface area contributed by atoms with Crippen LogP contribution in [0.15, 0.2) is 24.3 Å². The van der Waals surface area contributed by atoms with E-state index in [9.17, 15) is 9.59 Å². The number of hydrogen-bond acceptors (Lipinski definition) is 4. The summed E-state index contributed by atoms with van der Waals surface area (Å²) in [7, 11) is 0. The molecule has 2 fully saturated rings. The Morgan fingerprint density at radius 3 is 2.62 bits per heavy atom. The molecule has 1 aromatic rings. The van der Waals surface area contributed by atoms with Crippen LogP contribution in [0.1, 0.15) is 57.1 Å². The summed E-state index contributed by atoms with van der Waals surface area (Å²) in [6.07, 6.45) is 5.89. The first-order chi connectivity index (χ1) is 13.6. The lowest BCUT2D eigenvalue weighted by molar-refractivity contribution is -0.132. The summed E-state index contributed by atoms with van der Waals surface area (Å²) in [5, 5.41) is 3.20. The third-order valence-corrected chi connectivity index (χ3v) is 6.13. The van der Waals surface area contributed by atoms with Gasteiger partial charge in [-0.15, -0.1) is 12.4 Å². The Labute approximate surface area is 179 Å². The zero-order valence-electron chi connectivity index (χ0n) is 17.3. The molecule has 0 radical (unpaired) electrons. The van der Waals surface area contributed by atoms with Crippen molar-refractivity contribution in [3.8, 4) is 5.75 Å². The Morgan fingerprint density at radius 2 is 1.93 bits per heavy atom. The Balaban J connectivity index is 0.00000300. The van der Waals surface area contributed by atoms with Gasteiger partial charge in [-0.25, -0.2) is 0 Å². The molecule has 1 saturated carbocycles. The third kappa shape index (κ3) is 5.86. The number of ether oxygens (including phenoxy) is 1. The summed E-state index contributed by atoms with van der Waals surface area (Å²) < 4.78 is 5.88. The third-order valence-electron chi connectivity index (χ3n) is 6.13. The summed E-state index contributed by atoms with van der Waals surface area (Å²) in [4.78, 5) is 27.0. The first-order valence-electron chi connectivity index (χ1n) is 10.6. The molecule has 7 heteroatoms. The maximum Gasteiger partial charge on any atom is 0.260 e. The number of hydrogen-bond donors (Lipinski definition) is 2. The normalized spacial score (nSPS) is 22.1. The molecule has 3 N–H and O–H groups in total. The van der Waals surface area contributed by atoms with Crippen molar-refractivity contribution >= 4 is 24.2 Å². The lowest BCUT2D eigenvalue weighted by Crippen LogP contribution is -2.37. The van der Waals surface area contributed by atoms with Crippen LogP contribution in [0.2, 0.25) is 0 Å². The topological polar surface area (TPSA) is 84.7 Å². The van der Waals surface area contributed by atoms with Gasteiger partial charge in [-0.2, -0.15) is 0 Å². The smallest absolute Gasteiger partial charge is 0.260 e. The van der Waals surface area contributed by atoms with Crippen molar-refractivity contribution in [1.82, 2.24) is 10.2 Å². The highest BCUT2D eigenvalue weighted by atomic mass is 35.5. The summed E-state index contributed by atoms with van der Waals surface area (Å²) in [6, 6.07) is 7.55. The predicted octanol–water partition coefficient (Wildman–Crippen LogP) is 3.05. The van der Waals surface area contributed by atoms with Gasteiger partial charge in [0.25, 0.3) is 5.91 Å². The number of likely N-dealkylation sites (tertiary alicyclic amines) is 1. The molecule has 1 unspecified atom stereocenters. The first-order valence-corrected chi connectivity index (χ1v) is 10.6. The van der Waals surface area contributed by atoms with Gasteiger partial charge in [-0.3, -0.25) is 9.59 Å². The minimum Gasteiger partial charge on any atom is -0.483 e. The average molecular weight is 424 g/mol. The van der Waals surface area contributed by atoms with Crippen molar-refractivity contribution in [2.24, 2.45) is 17.6 Å². The molecule has 3 rings (SSSR count). The number of nitrogens with one attached hydrogen (secondary N) is 1. The largest absolute Gasteiger partial charge is 0.483 e. The predicted molar refractivity (Wildman–Crippen MR) is 116 cm³/mol. The summed E-state index contributed by atoms with van der Waals surface area (Å²) >= 11 is 0. The molecule has 0 bridgehead atoms. The molecule has 1 aliphatic carbocycles. The molecule has 162 valence electrons. The summed E-state index contributed by atoms with van der Waals surface area (Å²) in [6.45, 7) is 4.29. The molecule has 29 heavy (non-hydrogen) atoms. The Bertz CT molecular complexity index is 679. The second kappa shape index (κ2) is 11.4. The monoisotopic (exact) mass is 423 g/mol. The number of carbonyl (C=O) groups excluding carboxylic acids is 2. The van der Waals surface area contributed by atoms with E-state index in [2.05, 4.69) is 5.32 Å². The Morgan fingerprint density at radius 1 is 1.21 bits per heavy atom. The number of para-hydroxylation sites is 1. The molecule has 2 amide bonds. The van der Waals surface area contributed by atoms with Gasteiger partial charge in [-0.05, 0) is 50.6 Å². The van der Waals surface area contributed by atoms with Gasteiger partial charge in [0.2, 0.25) is 5.91 Å². The van der Waals surface area contributed by atoms with Crippen molar-refractivity contribution in [2.45, 2.75) is 51.5 Å². The SMILES string of the molecule is CCC(NC(=O)[C@@H]1CCC[C@@H]1CN)c1ccccc1OCC(=O)N1CCCC1.Cl. The maximum atomic E-state index is 12.8. The molecule has 1 aromatic carbocycles. The van der Waals surface area contributed by atoms with E-state index >= 15 is 0 Å². The highest BCUT2D eigenvalue weighted by Crippen LogP contribution is 2.33. The van der Waals surface area contributed by atoms with Crippen molar-refractivity contribution in [3.05, 3.63) is 29.8 Å². The van der Waals surface area contributed by atoms with Gasteiger partial charge in [0.15, 0.2) is 6.61 Å². The first kappa shape index (κ1) is 23.5. The standard InChI is InChI=1S/C22H33N3O3.ClH/c1-2-19(24-22(27)17-10-7-8-16(17)14-23)18-9-3-4-11-20(18)28-15-21(26)25-12-5-6-13-25;/h3-4,9,11,16-17,19H,2,5-8,10,12-15,23H2,1H3,(H,24,27);1H/t16-,17-,19?;/m1./s1. The highest BCUT2D eigenvalue weighted by molar-refractivity contribution is 5.85. The zero-order chi connectivity index (χ0) is 19.9. The van der Waals surface area contributed by atoms with Crippen molar-refractivity contribution < 1.29 is 14.3 Å². The molecule has 3 atom stereocenters. The minimum atomic E-state index is -0.135. The fraction of sp³-hybridized carbons (Fsp3) is 0.636. The molecular formula is C22H34ClN3O3. The second-order valence-electron chi connectivity index (χ2n) is 7.92. The maximum absolute atomic E-state index is 12.8. The summed E-state index contributed by atoms with van der Waals surface area (Å²) in [5.74, 6) is 1.07. The van der Waals surface area contributed by atoms with Gasteiger partial charge in [0.1, 0.15) is 5.75 Å². The van der Waals surface area contributed by atoms with E-state index < -0.39 is 0 Å². The van der Waals surface area contributed by atoms with E-state index in [1.807, 2.05) is 36.1 Å². The molecule has 2 aliphatic rings. The fourth-order valence-electron chi connectivity index (χ4n) is 4.44. The van der Waals surface area contributed by atoms with Crippen LogP contribution in [0.4, 0.5) is 0 Å². The van der Waals surface area contributed by atoms with Crippen LogP contribution in [0.3, 0.4) is 0 Å². The lowest BCUT2D eigenvalue weighted by Gasteiger charge is -2.24. The van der Waals surface area contributed by atoms with Gasteiger partial charge < -0.3 is 20.7 Å². The quantitative estimate of drug-likeness (QED) is 0.673. The van der Waals surface area contributed by atoms with E-state index in [4.69, 9.17) is 10.5 Å². The van der Waals surface area contributed by atoms with Gasteiger partial charge in [0, 0.05) is 24.6 Å². The highest BCUT2D eigenvalue weighted by Gasteiger charge is 2.33. The van der Waals surface area contributed by atoms with E-state index in [0.29, 0.717) is 12.3 Å². The number of amides is 2. The van der Waals surface area contributed by atoms with Crippen molar-refractivity contribution in [2.75, 3.05) is 26.2 Å². The van der Waals surface area contributed by atoms with Gasteiger partial charge in [0.05, 0.1) is 6.04 Å². The van der Waals surface area contributed by atoms with Crippen molar-refractivity contribution in [1.29, 1.82) is 0 Å². The molecule has 0 spiro atoms. The number of halogens is 1. The Kier molecular flexibility index (Phi) is 9.24. The van der Waals surface area contributed by atoms with E-state index in [1.54, 1.807) is 0 Å². The molecule has 1 aliphatic heterocycles. The number of nitrogens with two attached hydrogens (primary N) is 1. The van der Waals surface area contributed by atoms with Crippen LogP contribution in [0, 0.1) is 11.8 Å². The van der Waals surface area contributed by atoms with E-state index in [-0.39, 0.29) is 48.7 Å². The average Bonchev–Trinajstić information content (AvgIpc) is 3.42. The zero-order valence-corrected chi connectivity index (χ0v) is 18.1. The molecule has 0 aromatic heterocycles. The van der Waals surface area contributed by atoms with Crippen LogP contribution in [-0.2, 0) is 9.59 Å². The molecule has 1 saturated heterocycles. The van der Waals surface area contributed by atoms with E-state index in [1.165, 1.54) is 0 Å². The van der Waals surface area contributed by atoms with Gasteiger partial charge >= 0.3 is 0 Å².